The second-order valence-corrected chi connectivity index (χ2v) is 8.43. The number of carbonyl (C=O) groups excluding carboxylic acids is 3. The predicted molar refractivity (Wildman–Crippen MR) is 123 cm³/mol. The molecular weight excluding hydrogens is 442 g/mol. The van der Waals surface area contributed by atoms with Crippen molar-refractivity contribution in [1.82, 2.24) is 10.2 Å². The summed E-state index contributed by atoms with van der Waals surface area (Å²) < 4.78 is 0. The minimum atomic E-state index is -1.32. The molecule has 5 N–H and O–H groups in total. The van der Waals surface area contributed by atoms with Crippen LogP contribution in [0.5, 0.6) is 11.5 Å². The van der Waals surface area contributed by atoms with Crippen LogP contribution >= 0.6 is 0 Å². The number of anilines is 1. The van der Waals surface area contributed by atoms with Gasteiger partial charge in [-0.15, -0.1) is 0 Å². The van der Waals surface area contributed by atoms with Crippen molar-refractivity contribution in [3.05, 3.63) is 53.6 Å². The number of aromatic hydroxyl groups is 2. The molecule has 3 rings (SSSR count). The SMILES string of the molecule is CC(C)[C@@H](NC(=O)c1ccc(O)cc1)C(=O)N1CCC[C@@H]1C(=O)Nc1c(O)cccc1C(=O)O. The highest BCUT2D eigenvalue weighted by atomic mass is 16.4. The summed E-state index contributed by atoms with van der Waals surface area (Å²) >= 11 is 0. The third-order valence-electron chi connectivity index (χ3n) is 5.71. The van der Waals surface area contributed by atoms with Crippen LogP contribution in [-0.2, 0) is 9.59 Å². The number of nitrogens with one attached hydrogen (secondary N) is 2. The van der Waals surface area contributed by atoms with Gasteiger partial charge in [0.25, 0.3) is 5.91 Å². The standard InChI is InChI=1S/C24H27N3O7/c1-13(2)19(25-21(30)14-8-10-15(28)11-9-14)23(32)27-12-4-6-17(27)22(31)26-20-16(24(33)34)5-3-7-18(20)29/h3,5,7-11,13,17,19,28-29H,4,6,12H2,1-2H3,(H,25,30)(H,26,31)(H,33,34)/t17-,19-/m1/s1. The Morgan fingerprint density at radius 3 is 2.32 bits per heavy atom. The molecule has 10 nitrogen and oxygen atoms in total. The van der Waals surface area contributed by atoms with Crippen molar-refractivity contribution >= 4 is 29.4 Å². The van der Waals surface area contributed by atoms with E-state index >= 15 is 0 Å². The van der Waals surface area contributed by atoms with E-state index in [2.05, 4.69) is 10.6 Å². The molecule has 0 radical (unpaired) electrons. The van der Waals surface area contributed by atoms with Crippen LogP contribution in [-0.4, -0.2) is 62.5 Å². The lowest BCUT2D eigenvalue weighted by atomic mass is 10.0. The van der Waals surface area contributed by atoms with Gasteiger partial charge in [-0.25, -0.2) is 4.79 Å². The van der Waals surface area contributed by atoms with Gasteiger partial charge in [-0.1, -0.05) is 19.9 Å². The zero-order valence-electron chi connectivity index (χ0n) is 18.8. The van der Waals surface area contributed by atoms with Crippen LogP contribution < -0.4 is 10.6 Å². The average molecular weight is 469 g/mol. The molecule has 1 saturated heterocycles. The van der Waals surface area contributed by atoms with Gasteiger partial charge in [0.15, 0.2) is 0 Å². The fraction of sp³-hybridized carbons (Fsp3) is 0.333. The van der Waals surface area contributed by atoms with Gasteiger partial charge in [-0.05, 0) is 55.2 Å². The third kappa shape index (κ3) is 5.28. The normalized spacial score (nSPS) is 16.2. The number of benzene rings is 2. The molecule has 0 unspecified atom stereocenters. The lowest BCUT2D eigenvalue weighted by Gasteiger charge is -2.30. The lowest BCUT2D eigenvalue weighted by Crippen LogP contribution is -2.54. The van der Waals surface area contributed by atoms with Gasteiger partial charge >= 0.3 is 5.97 Å². The largest absolute Gasteiger partial charge is 0.508 e. The van der Waals surface area contributed by atoms with E-state index < -0.39 is 41.5 Å². The molecule has 0 aliphatic carbocycles. The number of amides is 3. The molecule has 1 heterocycles. The number of phenols is 2. The number of aromatic carboxylic acids is 1. The Morgan fingerprint density at radius 1 is 1.03 bits per heavy atom. The molecular formula is C24H27N3O7. The maximum atomic E-state index is 13.4. The number of hydrogen-bond donors (Lipinski definition) is 5. The lowest BCUT2D eigenvalue weighted by molar-refractivity contribution is -0.139. The van der Waals surface area contributed by atoms with E-state index in [-0.39, 0.29) is 28.5 Å². The molecule has 1 fully saturated rings. The number of hydrogen-bond acceptors (Lipinski definition) is 6. The van der Waals surface area contributed by atoms with Gasteiger partial charge in [0.05, 0.1) is 11.3 Å². The quantitative estimate of drug-likeness (QED) is 0.389. The minimum absolute atomic E-state index is 0.00876. The summed E-state index contributed by atoms with van der Waals surface area (Å²) in [6, 6.07) is 7.67. The molecule has 0 saturated carbocycles. The van der Waals surface area contributed by atoms with Crippen LogP contribution in [0, 0.1) is 5.92 Å². The highest BCUT2D eigenvalue weighted by Gasteiger charge is 2.39. The molecule has 0 aromatic heterocycles. The van der Waals surface area contributed by atoms with Gasteiger partial charge in [-0.3, -0.25) is 14.4 Å². The van der Waals surface area contributed by atoms with Gasteiger partial charge in [0.1, 0.15) is 23.6 Å². The number of rotatable bonds is 7. The Kier molecular flexibility index (Phi) is 7.40. The van der Waals surface area contributed by atoms with Crippen molar-refractivity contribution in [1.29, 1.82) is 0 Å². The van der Waals surface area contributed by atoms with Crippen LogP contribution in [0.15, 0.2) is 42.5 Å². The van der Waals surface area contributed by atoms with E-state index in [1.54, 1.807) is 13.8 Å². The number of para-hydroxylation sites is 1. The van der Waals surface area contributed by atoms with E-state index in [0.717, 1.165) is 0 Å². The smallest absolute Gasteiger partial charge is 0.337 e. The molecule has 0 bridgehead atoms. The van der Waals surface area contributed by atoms with Crippen LogP contribution in [0.1, 0.15) is 47.4 Å². The van der Waals surface area contributed by atoms with E-state index in [4.69, 9.17) is 0 Å². The molecule has 0 spiro atoms. The number of nitrogens with zero attached hydrogens (tertiary/aromatic N) is 1. The molecule has 2 aromatic rings. The Labute approximate surface area is 196 Å². The summed E-state index contributed by atoms with van der Waals surface area (Å²) in [4.78, 5) is 51.9. The van der Waals surface area contributed by atoms with Crippen molar-refractivity contribution in [2.24, 2.45) is 5.92 Å². The Morgan fingerprint density at radius 2 is 1.71 bits per heavy atom. The van der Waals surface area contributed by atoms with Crippen LogP contribution in [0.4, 0.5) is 5.69 Å². The topological polar surface area (TPSA) is 156 Å². The average Bonchev–Trinajstić information content (AvgIpc) is 3.28. The number of carboxylic acids is 1. The van der Waals surface area contributed by atoms with Gasteiger partial charge in [-0.2, -0.15) is 0 Å². The van der Waals surface area contributed by atoms with Crippen LogP contribution in [0.2, 0.25) is 0 Å². The zero-order valence-corrected chi connectivity index (χ0v) is 18.8. The second-order valence-electron chi connectivity index (χ2n) is 8.43. The fourth-order valence-corrected chi connectivity index (χ4v) is 3.89. The highest BCUT2D eigenvalue weighted by Crippen LogP contribution is 2.29. The van der Waals surface area contributed by atoms with E-state index in [9.17, 15) is 34.5 Å². The molecule has 1 aliphatic heterocycles. The minimum Gasteiger partial charge on any atom is -0.508 e. The molecule has 1 aliphatic rings. The van der Waals surface area contributed by atoms with Crippen LogP contribution in [0.3, 0.4) is 0 Å². The monoisotopic (exact) mass is 469 g/mol. The van der Waals surface area contributed by atoms with Gasteiger partial charge in [0, 0.05) is 12.1 Å². The molecule has 2 atom stereocenters. The summed E-state index contributed by atoms with van der Waals surface area (Å²) in [6.45, 7) is 3.83. The third-order valence-corrected chi connectivity index (χ3v) is 5.71. The first-order chi connectivity index (χ1) is 16.1. The summed E-state index contributed by atoms with van der Waals surface area (Å²) in [5, 5.41) is 34.0. The molecule has 2 aromatic carbocycles. The maximum Gasteiger partial charge on any atom is 0.337 e. The van der Waals surface area contributed by atoms with Crippen LogP contribution in [0.25, 0.3) is 0 Å². The summed E-state index contributed by atoms with van der Waals surface area (Å²) in [5.41, 5.74) is -0.237. The fourth-order valence-electron chi connectivity index (χ4n) is 3.89. The van der Waals surface area contributed by atoms with Crippen molar-refractivity contribution in [2.75, 3.05) is 11.9 Å². The first-order valence-corrected chi connectivity index (χ1v) is 10.9. The highest BCUT2D eigenvalue weighted by molar-refractivity contribution is 6.05. The molecule has 34 heavy (non-hydrogen) atoms. The number of carboxylic acid groups (broad SMARTS) is 1. The maximum absolute atomic E-state index is 13.4. The van der Waals surface area contributed by atoms with E-state index in [1.807, 2.05) is 0 Å². The van der Waals surface area contributed by atoms with Crippen molar-refractivity contribution in [3.63, 3.8) is 0 Å². The van der Waals surface area contributed by atoms with Crippen molar-refractivity contribution in [3.8, 4) is 11.5 Å². The van der Waals surface area contributed by atoms with E-state index in [0.29, 0.717) is 19.4 Å². The van der Waals surface area contributed by atoms with Gasteiger partial charge in [0.2, 0.25) is 11.8 Å². The van der Waals surface area contributed by atoms with Crippen molar-refractivity contribution in [2.45, 2.75) is 38.8 Å². The Hall–Kier alpha value is -4.08. The molecule has 10 heteroatoms. The van der Waals surface area contributed by atoms with Gasteiger partial charge < -0.3 is 30.9 Å². The number of phenolic OH excluding ortho intramolecular Hbond substituents is 2. The number of carbonyl (C=O) groups is 4. The zero-order chi connectivity index (χ0) is 25.0. The summed E-state index contributed by atoms with van der Waals surface area (Å²) in [5.74, 6) is -3.54. The first-order valence-electron chi connectivity index (χ1n) is 10.9. The predicted octanol–water partition coefficient (Wildman–Crippen LogP) is 2.18. The second kappa shape index (κ2) is 10.2. The summed E-state index contributed by atoms with van der Waals surface area (Å²) in [6.07, 6.45) is 0.900. The molecule has 3 amide bonds. The van der Waals surface area contributed by atoms with E-state index in [1.165, 1.54) is 47.4 Å². The Bertz CT molecular complexity index is 1100. The number of likely N-dealkylation sites (tertiary alicyclic amines) is 1. The molecule has 180 valence electrons. The Balaban J connectivity index is 1.77. The van der Waals surface area contributed by atoms with Crippen molar-refractivity contribution < 1.29 is 34.5 Å². The first kappa shape index (κ1) is 24.6. The summed E-state index contributed by atoms with van der Waals surface area (Å²) in [7, 11) is 0.